The topological polar surface area (TPSA) is 108 Å². The maximum absolute atomic E-state index is 12.0. The lowest BCUT2D eigenvalue weighted by Crippen LogP contribution is -2.42. The molecule has 1 aromatic carbocycles. The van der Waals surface area contributed by atoms with Crippen LogP contribution in [-0.2, 0) is 10.8 Å². The zero-order valence-corrected chi connectivity index (χ0v) is 17.2. The van der Waals surface area contributed by atoms with Gasteiger partial charge in [-0.05, 0) is 37.1 Å². The van der Waals surface area contributed by atoms with Crippen molar-refractivity contribution in [2.45, 2.75) is 12.8 Å². The van der Waals surface area contributed by atoms with E-state index in [2.05, 4.69) is 10.2 Å². The summed E-state index contributed by atoms with van der Waals surface area (Å²) >= 11 is 0. The number of ether oxygens (including phenoxy) is 1. The van der Waals surface area contributed by atoms with E-state index in [1.54, 1.807) is 4.90 Å². The summed E-state index contributed by atoms with van der Waals surface area (Å²) in [7, 11) is -0.852. The molecule has 1 unspecified atom stereocenters. The molecule has 1 aliphatic rings. The van der Waals surface area contributed by atoms with Gasteiger partial charge >= 0.3 is 6.03 Å². The number of amides is 2. The maximum atomic E-state index is 12.0. The van der Waals surface area contributed by atoms with Crippen molar-refractivity contribution < 1.29 is 18.8 Å². The van der Waals surface area contributed by atoms with Crippen LogP contribution in [0.3, 0.4) is 0 Å². The standard InChI is InChI=1S/C19H32N4O4S/c20-7-16-28(26)15-2-14-27-18-5-3-17(4-6-18)22-9-1-10-23(12-11-22)19(25)21-8-13-24/h3-6,24H,1-2,7-16,20H2,(H,21,25). The smallest absolute Gasteiger partial charge is 0.317 e. The number of hydrogen-bond acceptors (Lipinski definition) is 6. The summed E-state index contributed by atoms with van der Waals surface area (Å²) in [6, 6.07) is 7.84. The first-order valence-corrected chi connectivity index (χ1v) is 11.3. The Morgan fingerprint density at radius 2 is 1.96 bits per heavy atom. The van der Waals surface area contributed by atoms with E-state index >= 15 is 0 Å². The van der Waals surface area contributed by atoms with Crippen LogP contribution in [0.1, 0.15) is 12.8 Å². The molecule has 0 saturated carbocycles. The molecule has 0 aliphatic carbocycles. The van der Waals surface area contributed by atoms with Crippen molar-refractivity contribution in [3.8, 4) is 5.75 Å². The predicted octanol–water partition coefficient (Wildman–Crippen LogP) is 0.377. The molecule has 1 heterocycles. The molecule has 0 bridgehead atoms. The number of benzene rings is 1. The van der Waals surface area contributed by atoms with Gasteiger partial charge in [0.1, 0.15) is 5.75 Å². The largest absolute Gasteiger partial charge is 0.494 e. The first-order chi connectivity index (χ1) is 13.6. The Morgan fingerprint density at radius 3 is 2.68 bits per heavy atom. The molecule has 4 N–H and O–H groups in total. The van der Waals surface area contributed by atoms with Crippen LogP contribution < -0.4 is 20.7 Å². The Hall–Kier alpha value is -1.84. The molecule has 1 atom stereocenters. The zero-order chi connectivity index (χ0) is 20.2. The quantitative estimate of drug-likeness (QED) is 0.480. The summed E-state index contributed by atoms with van der Waals surface area (Å²) in [5.41, 5.74) is 6.50. The Labute approximate surface area is 169 Å². The molecule has 28 heavy (non-hydrogen) atoms. The second-order valence-electron chi connectivity index (χ2n) is 6.62. The summed E-state index contributed by atoms with van der Waals surface area (Å²) in [6.45, 7) is 4.23. The van der Waals surface area contributed by atoms with Crippen LogP contribution in [0.4, 0.5) is 10.5 Å². The highest BCUT2D eigenvalue weighted by atomic mass is 32.2. The van der Waals surface area contributed by atoms with Gasteiger partial charge in [-0.15, -0.1) is 0 Å². The van der Waals surface area contributed by atoms with Gasteiger partial charge in [-0.2, -0.15) is 0 Å². The van der Waals surface area contributed by atoms with Gasteiger partial charge in [0, 0.05) is 67.3 Å². The number of nitrogens with zero attached hydrogens (tertiary/aromatic N) is 2. The fourth-order valence-electron chi connectivity index (χ4n) is 3.05. The van der Waals surface area contributed by atoms with Gasteiger partial charge < -0.3 is 30.7 Å². The molecule has 9 heteroatoms. The van der Waals surface area contributed by atoms with E-state index in [0.717, 1.165) is 37.4 Å². The van der Waals surface area contributed by atoms with Crippen LogP contribution in [0.2, 0.25) is 0 Å². The highest BCUT2D eigenvalue weighted by Crippen LogP contribution is 2.21. The van der Waals surface area contributed by atoms with E-state index in [4.69, 9.17) is 15.6 Å². The predicted molar refractivity (Wildman–Crippen MR) is 112 cm³/mol. The van der Waals surface area contributed by atoms with Crippen LogP contribution >= 0.6 is 0 Å². The van der Waals surface area contributed by atoms with Crippen molar-refractivity contribution in [3.05, 3.63) is 24.3 Å². The Kier molecular flexibility index (Phi) is 10.1. The second-order valence-corrected chi connectivity index (χ2v) is 8.31. The van der Waals surface area contributed by atoms with Crippen molar-refractivity contribution in [2.24, 2.45) is 5.73 Å². The Bertz CT molecular complexity index is 614. The molecule has 1 aromatic rings. The van der Waals surface area contributed by atoms with E-state index in [1.807, 2.05) is 24.3 Å². The minimum absolute atomic E-state index is 0.0499. The number of nitrogens with two attached hydrogens (primary N) is 1. The number of aliphatic hydroxyl groups is 1. The van der Waals surface area contributed by atoms with Crippen molar-refractivity contribution in [2.75, 3.05) is 68.9 Å². The Morgan fingerprint density at radius 1 is 1.18 bits per heavy atom. The van der Waals surface area contributed by atoms with Gasteiger partial charge in [0.2, 0.25) is 0 Å². The number of carbonyl (C=O) groups is 1. The molecular formula is C19H32N4O4S. The number of aliphatic hydroxyl groups excluding tert-OH is 1. The van der Waals surface area contributed by atoms with Crippen LogP contribution in [0.5, 0.6) is 5.75 Å². The molecule has 0 spiro atoms. The van der Waals surface area contributed by atoms with E-state index in [-0.39, 0.29) is 19.2 Å². The van der Waals surface area contributed by atoms with E-state index < -0.39 is 10.8 Å². The van der Waals surface area contributed by atoms with Gasteiger partial charge in [-0.1, -0.05) is 0 Å². The monoisotopic (exact) mass is 412 g/mol. The first kappa shape index (κ1) is 22.4. The minimum Gasteiger partial charge on any atom is -0.494 e. The lowest BCUT2D eigenvalue weighted by Gasteiger charge is -2.24. The highest BCUT2D eigenvalue weighted by molar-refractivity contribution is 7.84. The second kappa shape index (κ2) is 12.6. The average Bonchev–Trinajstić information content (AvgIpc) is 2.96. The zero-order valence-electron chi connectivity index (χ0n) is 16.3. The lowest BCUT2D eigenvalue weighted by atomic mass is 10.2. The Balaban J connectivity index is 1.76. The number of urea groups is 1. The van der Waals surface area contributed by atoms with Crippen LogP contribution in [0.15, 0.2) is 24.3 Å². The molecule has 0 aromatic heterocycles. The third-order valence-corrected chi connectivity index (χ3v) is 5.94. The molecule has 0 radical (unpaired) electrons. The molecule has 2 rings (SSSR count). The van der Waals surface area contributed by atoms with Crippen molar-refractivity contribution >= 4 is 22.5 Å². The highest BCUT2D eigenvalue weighted by Gasteiger charge is 2.19. The summed E-state index contributed by atoms with van der Waals surface area (Å²) in [6.07, 6.45) is 1.64. The van der Waals surface area contributed by atoms with Gasteiger partial charge in [0.15, 0.2) is 0 Å². The van der Waals surface area contributed by atoms with Gasteiger partial charge in [0.05, 0.1) is 13.2 Å². The van der Waals surface area contributed by atoms with E-state index in [0.29, 0.717) is 37.7 Å². The van der Waals surface area contributed by atoms with Crippen molar-refractivity contribution in [1.29, 1.82) is 0 Å². The van der Waals surface area contributed by atoms with Gasteiger partial charge in [0.25, 0.3) is 0 Å². The molecule has 8 nitrogen and oxygen atoms in total. The maximum Gasteiger partial charge on any atom is 0.317 e. The van der Waals surface area contributed by atoms with Gasteiger partial charge in [-0.3, -0.25) is 4.21 Å². The number of carbonyl (C=O) groups excluding carboxylic acids is 1. The summed E-state index contributed by atoms with van der Waals surface area (Å²) in [5, 5.41) is 11.5. The first-order valence-electron chi connectivity index (χ1n) is 9.80. The fourth-order valence-corrected chi connectivity index (χ4v) is 3.96. The van der Waals surface area contributed by atoms with Gasteiger partial charge in [-0.25, -0.2) is 4.79 Å². The number of hydrogen-bond donors (Lipinski definition) is 3. The summed E-state index contributed by atoms with van der Waals surface area (Å²) < 4.78 is 17.3. The number of rotatable bonds is 10. The molecule has 1 fully saturated rings. The summed E-state index contributed by atoms with van der Waals surface area (Å²) in [4.78, 5) is 16.1. The number of anilines is 1. The average molecular weight is 413 g/mol. The van der Waals surface area contributed by atoms with E-state index in [1.165, 1.54) is 0 Å². The lowest BCUT2D eigenvalue weighted by molar-refractivity contribution is 0.197. The molecule has 158 valence electrons. The van der Waals surface area contributed by atoms with Crippen LogP contribution in [0, 0.1) is 0 Å². The SMILES string of the molecule is NCCS(=O)CCCOc1ccc(N2CCCN(C(=O)NCCO)CC2)cc1. The summed E-state index contributed by atoms with van der Waals surface area (Å²) in [5.74, 6) is 1.96. The van der Waals surface area contributed by atoms with Crippen LogP contribution in [0.25, 0.3) is 0 Å². The van der Waals surface area contributed by atoms with Crippen molar-refractivity contribution in [3.63, 3.8) is 0 Å². The molecular weight excluding hydrogens is 380 g/mol. The molecule has 1 aliphatic heterocycles. The third kappa shape index (κ3) is 7.65. The molecule has 1 saturated heterocycles. The normalized spacial score (nSPS) is 15.8. The van der Waals surface area contributed by atoms with Crippen LogP contribution in [-0.4, -0.2) is 84.2 Å². The third-order valence-electron chi connectivity index (χ3n) is 4.50. The minimum atomic E-state index is -0.852. The van der Waals surface area contributed by atoms with E-state index in [9.17, 15) is 9.00 Å². The van der Waals surface area contributed by atoms with Crippen molar-refractivity contribution in [1.82, 2.24) is 10.2 Å². The fraction of sp³-hybridized carbons (Fsp3) is 0.632. The molecule has 2 amide bonds. The number of nitrogens with one attached hydrogen (secondary N) is 1.